The van der Waals surface area contributed by atoms with Crippen molar-refractivity contribution in [1.29, 1.82) is 0 Å². The van der Waals surface area contributed by atoms with Gasteiger partial charge in [-0.3, -0.25) is 4.79 Å². The molecule has 0 atom stereocenters. The molecule has 2 aromatic heterocycles. The van der Waals surface area contributed by atoms with Gasteiger partial charge in [-0.25, -0.2) is 4.68 Å². The SMILES string of the molecule is Cc1ccc(-n2nc3c(SCC(=O)c4ccccc4)nnc(C)c3c2C)cc1. The highest BCUT2D eigenvalue weighted by atomic mass is 32.2. The highest BCUT2D eigenvalue weighted by molar-refractivity contribution is 8.00. The number of Topliss-reactive ketones (excluding diaryl/α,β-unsaturated/α-hetero) is 1. The lowest BCUT2D eigenvalue weighted by molar-refractivity contribution is 0.102. The summed E-state index contributed by atoms with van der Waals surface area (Å²) < 4.78 is 1.92. The Balaban J connectivity index is 1.70. The second-order valence-corrected chi connectivity index (χ2v) is 7.69. The number of benzene rings is 2. The Hall–Kier alpha value is -2.99. The third kappa shape index (κ3) is 3.43. The van der Waals surface area contributed by atoms with Crippen LogP contribution in [0.2, 0.25) is 0 Å². The molecule has 0 saturated heterocycles. The fourth-order valence-electron chi connectivity index (χ4n) is 3.18. The third-order valence-electron chi connectivity index (χ3n) is 4.69. The number of carbonyl (C=O) groups is 1. The summed E-state index contributed by atoms with van der Waals surface area (Å²) in [5.74, 6) is 0.364. The summed E-state index contributed by atoms with van der Waals surface area (Å²) in [6.45, 7) is 6.03. The first-order valence-corrected chi connectivity index (χ1v) is 10.0. The largest absolute Gasteiger partial charge is 0.293 e. The molecule has 4 aromatic rings. The molecule has 0 N–H and O–H groups in total. The molecular formula is C22H20N4OS. The molecule has 0 aliphatic rings. The lowest BCUT2D eigenvalue weighted by Crippen LogP contribution is -2.03. The Morgan fingerprint density at radius 1 is 0.964 bits per heavy atom. The summed E-state index contributed by atoms with van der Waals surface area (Å²) in [6.07, 6.45) is 0. The van der Waals surface area contributed by atoms with Crippen LogP contribution in [-0.4, -0.2) is 31.5 Å². The molecule has 0 fully saturated rings. The van der Waals surface area contributed by atoms with Gasteiger partial charge < -0.3 is 0 Å². The number of ketones is 1. The normalized spacial score (nSPS) is 11.1. The standard InChI is InChI=1S/C22H20N4OS/c1-14-9-11-18(12-10-14)26-16(3)20-15(2)23-24-22(21(20)25-26)28-13-19(27)17-7-5-4-6-8-17/h4-12H,13H2,1-3H3. The van der Waals surface area contributed by atoms with Crippen molar-refractivity contribution in [2.24, 2.45) is 0 Å². The number of hydrogen-bond acceptors (Lipinski definition) is 5. The zero-order valence-electron chi connectivity index (χ0n) is 16.0. The first-order valence-electron chi connectivity index (χ1n) is 9.05. The number of rotatable bonds is 5. The number of thioether (sulfide) groups is 1. The van der Waals surface area contributed by atoms with Gasteiger partial charge in [0.2, 0.25) is 0 Å². The summed E-state index contributed by atoms with van der Waals surface area (Å²) in [5.41, 5.74) is 5.54. The molecule has 0 radical (unpaired) electrons. The minimum atomic E-state index is 0.0656. The van der Waals surface area contributed by atoms with Crippen LogP contribution >= 0.6 is 11.8 Å². The van der Waals surface area contributed by atoms with Gasteiger partial charge in [0.1, 0.15) is 10.5 Å². The molecule has 0 spiro atoms. The first-order chi connectivity index (χ1) is 13.5. The topological polar surface area (TPSA) is 60.7 Å². The van der Waals surface area contributed by atoms with Crippen LogP contribution in [0.5, 0.6) is 0 Å². The Bertz CT molecular complexity index is 1150. The second kappa shape index (κ2) is 7.56. The number of hydrogen-bond donors (Lipinski definition) is 0. The quantitative estimate of drug-likeness (QED) is 0.366. The van der Waals surface area contributed by atoms with E-state index in [-0.39, 0.29) is 5.78 Å². The summed E-state index contributed by atoms with van der Waals surface area (Å²) in [7, 11) is 0. The fourth-order valence-corrected chi connectivity index (χ4v) is 3.99. The van der Waals surface area contributed by atoms with Gasteiger partial charge in [0.05, 0.1) is 22.8 Å². The van der Waals surface area contributed by atoms with Crippen LogP contribution in [0.1, 0.15) is 27.3 Å². The van der Waals surface area contributed by atoms with Crippen molar-refractivity contribution >= 4 is 28.4 Å². The van der Waals surface area contributed by atoms with E-state index in [1.807, 2.05) is 48.9 Å². The molecule has 0 aliphatic heterocycles. The lowest BCUT2D eigenvalue weighted by Gasteiger charge is -2.04. The maximum atomic E-state index is 12.5. The van der Waals surface area contributed by atoms with Gasteiger partial charge in [-0.2, -0.15) is 10.2 Å². The molecule has 2 heterocycles. The molecular weight excluding hydrogens is 368 g/mol. The lowest BCUT2D eigenvalue weighted by atomic mass is 10.2. The van der Waals surface area contributed by atoms with Crippen LogP contribution in [0, 0.1) is 20.8 Å². The number of nitrogens with zero attached hydrogens (tertiary/aromatic N) is 4. The Labute approximate surface area is 167 Å². The molecule has 0 unspecified atom stereocenters. The van der Waals surface area contributed by atoms with Crippen molar-refractivity contribution in [3.63, 3.8) is 0 Å². The van der Waals surface area contributed by atoms with E-state index < -0.39 is 0 Å². The monoisotopic (exact) mass is 388 g/mol. The van der Waals surface area contributed by atoms with E-state index in [0.717, 1.165) is 28.0 Å². The van der Waals surface area contributed by atoms with Crippen LogP contribution in [0.4, 0.5) is 0 Å². The van der Waals surface area contributed by atoms with Crippen LogP contribution < -0.4 is 0 Å². The molecule has 0 aliphatic carbocycles. The van der Waals surface area contributed by atoms with E-state index in [1.165, 1.54) is 17.3 Å². The van der Waals surface area contributed by atoms with Crippen molar-refractivity contribution < 1.29 is 4.79 Å². The van der Waals surface area contributed by atoms with Crippen molar-refractivity contribution in [2.75, 3.05) is 5.75 Å². The molecule has 0 saturated carbocycles. The van der Waals surface area contributed by atoms with Crippen molar-refractivity contribution in [3.05, 3.63) is 77.1 Å². The minimum absolute atomic E-state index is 0.0656. The van der Waals surface area contributed by atoms with Gasteiger partial charge in [-0.05, 0) is 32.9 Å². The zero-order valence-corrected chi connectivity index (χ0v) is 16.8. The van der Waals surface area contributed by atoms with E-state index in [4.69, 9.17) is 5.10 Å². The molecule has 140 valence electrons. The summed E-state index contributed by atoms with van der Waals surface area (Å²) >= 11 is 1.38. The molecule has 28 heavy (non-hydrogen) atoms. The maximum absolute atomic E-state index is 12.5. The van der Waals surface area contributed by atoms with Crippen LogP contribution in [0.15, 0.2) is 59.6 Å². The maximum Gasteiger partial charge on any atom is 0.173 e. The smallest absolute Gasteiger partial charge is 0.173 e. The van der Waals surface area contributed by atoms with E-state index in [1.54, 1.807) is 0 Å². The molecule has 4 rings (SSSR count). The Kier molecular flexibility index (Phi) is 4.96. The van der Waals surface area contributed by atoms with Gasteiger partial charge in [0, 0.05) is 10.9 Å². The third-order valence-corrected chi connectivity index (χ3v) is 5.64. The van der Waals surface area contributed by atoms with Crippen molar-refractivity contribution in [2.45, 2.75) is 25.8 Å². The Morgan fingerprint density at radius 3 is 2.39 bits per heavy atom. The van der Waals surface area contributed by atoms with E-state index >= 15 is 0 Å². The fraction of sp³-hybridized carbons (Fsp3) is 0.182. The Morgan fingerprint density at radius 2 is 1.68 bits per heavy atom. The highest BCUT2D eigenvalue weighted by Crippen LogP contribution is 2.30. The summed E-state index contributed by atoms with van der Waals surface area (Å²) in [4.78, 5) is 12.5. The van der Waals surface area contributed by atoms with Crippen molar-refractivity contribution in [3.8, 4) is 5.69 Å². The molecule has 0 bridgehead atoms. The molecule has 6 heteroatoms. The summed E-state index contributed by atoms with van der Waals surface area (Å²) in [6, 6.07) is 17.5. The first kappa shape index (κ1) is 18.4. The number of aryl methyl sites for hydroxylation is 3. The van der Waals surface area contributed by atoms with Gasteiger partial charge in [-0.15, -0.1) is 5.10 Å². The van der Waals surface area contributed by atoms with Crippen LogP contribution in [0.3, 0.4) is 0 Å². The predicted octanol–water partition coefficient (Wildman–Crippen LogP) is 4.72. The van der Waals surface area contributed by atoms with Gasteiger partial charge in [0.15, 0.2) is 5.78 Å². The average Bonchev–Trinajstić information content (AvgIpc) is 3.07. The van der Waals surface area contributed by atoms with E-state index in [2.05, 4.69) is 41.4 Å². The van der Waals surface area contributed by atoms with Gasteiger partial charge >= 0.3 is 0 Å². The van der Waals surface area contributed by atoms with E-state index in [0.29, 0.717) is 16.3 Å². The van der Waals surface area contributed by atoms with Crippen LogP contribution in [-0.2, 0) is 0 Å². The predicted molar refractivity (Wildman–Crippen MR) is 112 cm³/mol. The van der Waals surface area contributed by atoms with E-state index in [9.17, 15) is 4.79 Å². The molecule has 0 amide bonds. The van der Waals surface area contributed by atoms with Gasteiger partial charge in [0.25, 0.3) is 0 Å². The van der Waals surface area contributed by atoms with Crippen LogP contribution in [0.25, 0.3) is 16.6 Å². The molecule has 2 aromatic carbocycles. The second-order valence-electron chi connectivity index (χ2n) is 6.72. The average molecular weight is 388 g/mol. The number of aromatic nitrogens is 4. The highest BCUT2D eigenvalue weighted by Gasteiger charge is 2.18. The summed E-state index contributed by atoms with van der Waals surface area (Å²) in [5, 5.41) is 15.1. The minimum Gasteiger partial charge on any atom is -0.293 e. The van der Waals surface area contributed by atoms with Crippen molar-refractivity contribution in [1.82, 2.24) is 20.0 Å². The van der Waals surface area contributed by atoms with Gasteiger partial charge in [-0.1, -0.05) is 59.8 Å². The number of carbonyl (C=O) groups excluding carboxylic acids is 1. The molecule has 5 nitrogen and oxygen atoms in total. The number of fused-ring (bicyclic) bond motifs is 1. The zero-order chi connectivity index (χ0) is 19.7.